The zero-order valence-corrected chi connectivity index (χ0v) is 9.72. The van der Waals surface area contributed by atoms with Crippen LogP contribution in [-0.2, 0) is 19.0 Å². The van der Waals surface area contributed by atoms with Gasteiger partial charge >= 0.3 is 11.4 Å². The second-order valence-corrected chi connectivity index (χ2v) is 4.35. The second kappa shape index (κ2) is 4.81. The number of hydrogen-bond acceptors (Lipinski definition) is 4. The van der Waals surface area contributed by atoms with E-state index in [1.165, 1.54) is 0 Å². The number of alkyl halides is 3. The zero-order valence-electron chi connectivity index (χ0n) is 8.97. The van der Waals surface area contributed by atoms with Crippen molar-refractivity contribution in [2.45, 2.75) is 37.5 Å². The molecule has 4 nitrogen and oxygen atoms in total. The van der Waals surface area contributed by atoms with Gasteiger partial charge in [-0.3, -0.25) is 0 Å². The first kappa shape index (κ1) is 13.6. The van der Waals surface area contributed by atoms with Crippen LogP contribution in [0.25, 0.3) is 0 Å². The number of rotatable bonds is 4. The van der Waals surface area contributed by atoms with E-state index in [0.717, 1.165) is 0 Å². The molecule has 1 fully saturated rings. The van der Waals surface area contributed by atoms with Crippen molar-refractivity contribution in [1.82, 2.24) is 0 Å². The van der Waals surface area contributed by atoms with Gasteiger partial charge < -0.3 is 14.2 Å². The first-order chi connectivity index (χ1) is 7.21. The summed E-state index contributed by atoms with van der Waals surface area (Å²) in [4.78, 5) is 10.6. The Bertz CT molecular complexity index is 265. The summed E-state index contributed by atoms with van der Waals surface area (Å²) in [6.07, 6.45) is 0.0361. The van der Waals surface area contributed by atoms with Gasteiger partial charge in [0.25, 0.3) is 0 Å². The van der Waals surface area contributed by atoms with E-state index >= 15 is 0 Å². The van der Waals surface area contributed by atoms with Crippen LogP contribution in [0, 0.1) is 0 Å². The van der Waals surface area contributed by atoms with Crippen LogP contribution >= 0.6 is 11.6 Å². The molecule has 0 amide bonds. The lowest BCUT2D eigenvalue weighted by atomic mass is 10.3. The van der Waals surface area contributed by atoms with Crippen molar-refractivity contribution in [1.29, 1.82) is 0 Å². The molecule has 1 atom stereocenters. The maximum absolute atomic E-state index is 12.2. The van der Waals surface area contributed by atoms with Crippen molar-refractivity contribution in [3.63, 3.8) is 0 Å². The van der Waals surface area contributed by atoms with Crippen LogP contribution < -0.4 is 0 Å². The van der Waals surface area contributed by atoms with E-state index in [0.29, 0.717) is 13.0 Å². The van der Waals surface area contributed by atoms with Gasteiger partial charge in [0.2, 0.25) is 0 Å². The van der Waals surface area contributed by atoms with Crippen molar-refractivity contribution in [2.75, 3.05) is 13.2 Å². The Hall–Kier alpha value is -0.460. The van der Waals surface area contributed by atoms with Gasteiger partial charge in [-0.15, -0.1) is 0 Å². The third kappa shape index (κ3) is 4.19. The van der Waals surface area contributed by atoms with E-state index in [1.807, 2.05) is 0 Å². The summed E-state index contributed by atoms with van der Waals surface area (Å²) < 4.78 is 39.3. The van der Waals surface area contributed by atoms with Crippen LogP contribution in [-0.4, -0.2) is 36.5 Å². The standard InChI is InChI=1S/C9H13ClF2O4/c1-8(2)15-5-6(16-8)3-4-14-7(13)9(10,11)12/h6H,3-5H2,1-2H3. The van der Waals surface area contributed by atoms with E-state index in [1.54, 1.807) is 13.8 Å². The molecule has 0 spiro atoms. The molecule has 0 bridgehead atoms. The van der Waals surface area contributed by atoms with Crippen LogP contribution in [0.3, 0.4) is 0 Å². The van der Waals surface area contributed by atoms with E-state index < -0.39 is 17.1 Å². The van der Waals surface area contributed by atoms with Gasteiger partial charge in [0.15, 0.2) is 5.79 Å². The third-order valence-electron chi connectivity index (χ3n) is 1.97. The van der Waals surface area contributed by atoms with Crippen molar-refractivity contribution >= 4 is 17.6 Å². The van der Waals surface area contributed by atoms with Crippen LogP contribution in [0.15, 0.2) is 0 Å². The van der Waals surface area contributed by atoms with E-state index in [-0.39, 0.29) is 12.7 Å². The first-order valence-electron chi connectivity index (χ1n) is 4.76. The van der Waals surface area contributed by atoms with Crippen LogP contribution in [0.2, 0.25) is 0 Å². The molecule has 0 aromatic rings. The SMILES string of the molecule is CC1(C)OCC(CCOC(=O)C(F)(F)Cl)O1. The van der Waals surface area contributed by atoms with Gasteiger partial charge in [-0.05, 0) is 25.4 Å². The van der Waals surface area contributed by atoms with E-state index in [9.17, 15) is 13.6 Å². The van der Waals surface area contributed by atoms with E-state index in [4.69, 9.17) is 9.47 Å². The van der Waals surface area contributed by atoms with Gasteiger partial charge in [-0.25, -0.2) is 4.79 Å². The molecule has 0 aromatic carbocycles. The second-order valence-electron chi connectivity index (χ2n) is 3.87. The van der Waals surface area contributed by atoms with Gasteiger partial charge in [-0.1, -0.05) is 0 Å². The van der Waals surface area contributed by atoms with Gasteiger partial charge in [0.05, 0.1) is 19.3 Å². The summed E-state index contributed by atoms with van der Waals surface area (Å²) >= 11 is 4.46. The Morgan fingerprint density at radius 3 is 2.69 bits per heavy atom. The average molecular weight is 259 g/mol. The summed E-state index contributed by atoms with van der Waals surface area (Å²) in [6.45, 7) is 3.66. The fraction of sp³-hybridized carbons (Fsp3) is 0.889. The minimum absolute atomic E-state index is 0.175. The Morgan fingerprint density at radius 1 is 1.62 bits per heavy atom. The highest BCUT2D eigenvalue weighted by Crippen LogP contribution is 2.24. The molecule has 0 aliphatic carbocycles. The third-order valence-corrected chi connectivity index (χ3v) is 2.13. The normalized spacial score (nSPS) is 24.4. The maximum Gasteiger partial charge on any atom is 0.417 e. The maximum atomic E-state index is 12.2. The van der Waals surface area contributed by atoms with Crippen molar-refractivity contribution in [2.24, 2.45) is 0 Å². The minimum Gasteiger partial charge on any atom is -0.460 e. The molecule has 16 heavy (non-hydrogen) atoms. The number of hydrogen-bond donors (Lipinski definition) is 0. The van der Waals surface area contributed by atoms with Crippen LogP contribution in [0.4, 0.5) is 8.78 Å². The van der Waals surface area contributed by atoms with Gasteiger partial charge in [0, 0.05) is 6.42 Å². The summed E-state index contributed by atoms with van der Waals surface area (Å²) in [6, 6.07) is 0. The molecule has 1 unspecified atom stereocenters. The van der Waals surface area contributed by atoms with E-state index in [2.05, 4.69) is 16.3 Å². The molecule has 0 saturated carbocycles. The zero-order chi connectivity index (χ0) is 12.4. The fourth-order valence-electron chi connectivity index (χ4n) is 1.27. The fourth-order valence-corrected chi connectivity index (χ4v) is 1.32. The highest BCUT2D eigenvalue weighted by atomic mass is 35.5. The number of carbonyl (C=O) groups is 1. The average Bonchev–Trinajstić information content (AvgIpc) is 2.44. The number of esters is 1. The topological polar surface area (TPSA) is 44.8 Å². The molecular weight excluding hydrogens is 246 g/mol. The molecule has 0 N–H and O–H groups in total. The molecule has 0 aromatic heterocycles. The highest BCUT2D eigenvalue weighted by molar-refractivity contribution is 6.31. The number of carbonyl (C=O) groups excluding carboxylic acids is 1. The highest BCUT2D eigenvalue weighted by Gasteiger charge is 2.38. The minimum atomic E-state index is -3.97. The Balaban J connectivity index is 2.20. The molecule has 7 heteroatoms. The molecule has 1 aliphatic heterocycles. The Morgan fingerprint density at radius 2 is 2.25 bits per heavy atom. The smallest absolute Gasteiger partial charge is 0.417 e. The lowest BCUT2D eigenvalue weighted by Crippen LogP contribution is -2.26. The molecule has 0 radical (unpaired) electrons. The van der Waals surface area contributed by atoms with Crippen molar-refractivity contribution in [3.8, 4) is 0 Å². The summed E-state index contributed by atoms with van der Waals surface area (Å²) in [5, 5.41) is -3.97. The van der Waals surface area contributed by atoms with Crippen molar-refractivity contribution < 1.29 is 27.8 Å². The number of ether oxygens (including phenoxy) is 3. The van der Waals surface area contributed by atoms with Crippen LogP contribution in [0.5, 0.6) is 0 Å². The van der Waals surface area contributed by atoms with Gasteiger partial charge in [-0.2, -0.15) is 8.78 Å². The predicted octanol–water partition coefficient (Wildman–Crippen LogP) is 1.90. The summed E-state index contributed by atoms with van der Waals surface area (Å²) in [7, 11) is 0. The largest absolute Gasteiger partial charge is 0.460 e. The quantitative estimate of drug-likeness (QED) is 0.571. The molecular formula is C9H13ClF2O4. The van der Waals surface area contributed by atoms with Crippen molar-refractivity contribution in [3.05, 3.63) is 0 Å². The van der Waals surface area contributed by atoms with Crippen LogP contribution in [0.1, 0.15) is 20.3 Å². The monoisotopic (exact) mass is 258 g/mol. The molecule has 94 valence electrons. The lowest BCUT2D eigenvalue weighted by Gasteiger charge is -2.17. The lowest BCUT2D eigenvalue weighted by molar-refractivity contribution is -0.163. The Labute approximate surface area is 96.8 Å². The molecule has 1 saturated heterocycles. The Kier molecular flexibility index (Phi) is 4.09. The summed E-state index contributed by atoms with van der Waals surface area (Å²) in [5.74, 6) is -2.42. The molecule has 1 aliphatic rings. The number of halogens is 3. The summed E-state index contributed by atoms with van der Waals surface area (Å²) in [5.41, 5.74) is 0. The molecule has 1 rings (SSSR count). The first-order valence-corrected chi connectivity index (χ1v) is 5.14. The molecule has 1 heterocycles. The van der Waals surface area contributed by atoms with Gasteiger partial charge in [0.1, 0.15) is 0 Å². The predicted molar refractivity (Wildman–Crippen MR) is 51.3 cm³/mol.